The van der Waals surface area contributed by atoms with Crippen molar-refractivity contribution in [1.29, 1.82) is 5.26 Å². The third kappa shape index (κ3) is 12.8. The first-order valence-electron chi connectivity index (χ1n) is 21.1. The van der Waals surface area contributed by atoms with Gasteiger partial charge in [0.05, 0.1) is 30.4 Å². The lowest BCUT2D eigenvalue weighted by Crippen LogP contribution is -2.51. The predicted octanol–water partition coefficient (Wildman–Crippen LogP) is 7.00. The van der Waals surface area contributed by atoms with Crippen molar-refractivity contribution in [3.05, 3.63) is 82.9 Å². The second kappa shape index (κ2) is 20.5. The van der Waals surface area contributed by atoms with Crippen LogP contribution in [0.25, 0.3) is 11.1 Å². The molecule has 3 aliphatic heterocycles. The summed E-state index contributed by atoms with van der Waals surface area (Å²) in [6, 6.07) is 23.2. The summed E-state index contributed by atoms with van der Waals surface area (Å²) in [4.78, 5) is 56.7. The maximum atomic E-state index is 13.2. The number of halogens is 1. The highest BCUT2D eigenvalue weighted by molar-refractivity contribution is 6.30. The monoisotopic (exact) mass is 839 g/mol. The zero-order valence-electron chi connectivity index (χ0n) is 36.1. The van der Waals surface area contributed by atoms with Gasteiger partial charge >= 0.3 is 0 Å². The molecule has 3 heterocycles. The minimum Gasteiger partial charge on any atom is -0.399 e. The number of nitriles is 1. The molecule has 3 aromatic rings. The van der Waals surface area contributed by atoms with Crippen molar-refractivity contribution < 1.29 is 23.9 Å². The van der Waals surface area contributed by atoms with E-state index in [-0.39, 0.29) is 48.7 Å². The number of benzene rings is 3. The second-order valence-corrected chi connectivity index (χ2v) is 18.1. The van der Waals surface area contributed by atoms with Crippen molar-refractivity contribution in [1.82, 2.24) is 20.4 Å². The number of likely N-dealkylation sites (tertiary alicyclic amines) is 2. The number of fused-ring (bicyclic) bond motifs is 1. The smallest absolute Gasteiger partial charge is 0.251 e. The van der Waals surface area contributed by atoms with Gasteiger partial charge < -0.3 is 30.9 Å². The van der Waals surface area contributed by atoms with Crippen LogP contribution in [0.4, 0.5) is 11.4 Å². The highest BCUT2D eigenvalue weighted by atomic mass is 35.5. The number of aryl methyl sites for hydroxylation is 1. The molecule has 3 aliphatic rings. The molecule has 4 N–H and O–H groups in total. The van der Waals surface area contributed by atoms with Crippen LogP contribution in [-0.2, 0) is 25.5 Å². The fraction of sp³-hybridized carbons (Fsp3) is 0.511. The topological polar surface area (TPSA) is 161 Å². The van der Waals surface area contributed by atoms with Crippen molar-refractivity contribution in [2.45, 2.75) is 110 Å². The average Bonchev–Trinajstić information content (AvgIpc) is 3.71. The molecular weight excluding hydrogens is 778 g/mol. The first kappa shape index (κ1) is 46.1. The third-order valence-corrected chi connectivity index (χ3v) is 11.9. The lowest BCUT2D eigenvalue weighted by atomic mass is 9.88. The van der Waals surface area contributed by atoms with Crippen LogP contribution in [0.3, 0.4) is 0 Å². The van der Waals surface area contributed by atoms with E-state index in [1.54, 1.807) is 31.2 Å². The molecule has 6 rings (SSSR count). The van der Waals surface area contributed by atoms with Crippen molar-refractivity contribution in [3.63, 3.8) is 0 Å². The van der Waals surface area contributed by atoms with Gasteiger partial charge in [-0.1, -0.05) is 29.8 Å². The molecule has 3 aromatic carbocycles. The summed E-state index contributed by atoms with van der Waals surface area (Å²) in [5, 5.41) is 15.8. The number of nitrogens with two attached hydrogens (primary N) is 1. The number of carbonyl (C=O) groups excluding carboxylic acids is 4. The molecule has 0 radical (unpaired) electrons. The maximum Gasteiger partial charge on any atom is 0.251 e. The van der Waals surface area contributed by atoms with Gasteiger partial charge in [0.2, 0.25) is 17.7 Å². The van der Waals surface area contributed by atoms with Gasteiger partial charge in [-0.3, -0.25) is 24.1 Å². The van der Waals surface area contributed by atoms with Crippen LogP contribution in [0, 0.1) is 17.2 Å². The molecule has 0 saturated carbocycles. The fourth-order valence-electron chi connectivity index (χ4n) is 8.36. The van der Waals surface area contributed by atoms with Gasteiger partial charge in [-0.05, 0) is 157 Å². The SMILES string of the molecule is CC(=O)N1c2ccc(-c3ccc(C(=O)NC(C)(C)COC(C)(C)CNC(=O)CN4CCC(C5CCCN5C(=O)CC#N)CC4)cc3)cc2CC[C@@H]1C.Nc1ccc(Cl)cc1. The van der Waals surface area contributed by atoms with Crippen molar-refractivity contribution in [2.24, 2.45) is 5.92 Å². The Morgan fingerprint density at radius 2 is 1.58 bits per heavy atom. The number of nitrogens with zero attached hydrogens (tertiary/aromatic N) is 4. The minimum atomic E-state index is -0.659. The summed E-state index contributed by atoms with van der Waals surface area (Å²) in [5.74, 6) is 0.156. The molecule has 13 heteroatoms. The number of rotatable bonds is 12. The molecule has 0 spiro atoms. The van der Waals surface area contributed by atoms with E-state index in [1.165, 1.54) is 0 Å². The van der Waals surface area contributed by atoms with Gasteiger partial charge in [-0.15, -0.1) is 0 Å². The van der Waals surface area contributed by atoms with E-state index in [2.05, 4.69) is 28.5 Å². The maximum absolute atomic E-state index is 13.2. The van der Waals surface area contributed by atoms with Crippen molar-refractivity contribution in [3.8, 4) is 17.2 Å². The Morgan fingerprint density at radius 3 is 2.22 bits per heavy atom. The normalized spacial score (nSPS) is 18.4. The van der Waals surface area contributed by atoms with E-state index in [1.807, 2.05) is 80.0 Å². The largest absolute Gasteiger partial charge is 0.399 e. The highest BCUT2D eigenvalue weighted by Crippen LogP contribution is 2.35. The number of hydrogen-bond acceptors (Lipinski definition) is 8. The molecule has 322 valence electrons. The summed E-state index contributed by atoms with van der Waals surface area (Å²) in [6.07, 6.45) is 5.64. The Morgan fingerprint density at radius 1 is 0.917 bits per heavy atom. The predicted molar refractivity (Wildman–Crippen MR) is 237 cm³/mol. The van der Waals surface area contributed by atoms with Crippen LogP contribution in [0.5, 0.6) is 0 Å². The molecule has 0 aromatic heterocycles. The number of amides is 4. The van der Waals surface area contributed by atoms with Gasteiger partial charge in [-0.25, -0.2) is 0 Å². The fourth-order valence-corrected chi connectivity index (χ4v) is 8.48. The zero-order valence-corrected chi connectivity index (χ0v) is 36.8. The molecule has 4 amide bonds. The van der Waals surface area contributed by atoms with Crippen LogP contribution in [0.15, 0.2) is 66.7 Å². The molecule has 2 atom stereocenters. The molecule has 12 nitrogen and oxygen atoms in total. The average molecular weight is 841 g/mol. The molecular formula is C47H62ClN7O5. The second-order valence-electron chi connectivity index (χ2n) is 17.7. The van der Waals surface area contributed by atoms with E-state index in [4.69, 9.17) is 27.3 Å². The number of piperidine rings is 1. The number of ether oxygens (including phenoxy) is 1. The summed E-state index contributed by atoms with van der Waals surface area (Å²) in [5.41, 5.74) is 9.55. The third-order valence-electron chi connectivity index (χ3n) is 11.7. The van der Waals surface area contributed by atoms with E-state index < -0.39 is 11.1 Å². The Labute approximate surface area is 360 Å². The van der Waals surface area contributed by atoms with Gasteiger partial charge in [0.1, 0.15) is 6.42 Å². The summed E-state index contributed by atoms with van der Waals surface area (Å²) >= 11 is 5.56. The lowest BCUT2D eigenvalue weighted by Gasteiger charge is -2.38. The molecule has 60 heavy (non-hydrogen) atoms. The molecule has 0 aliphatic carbocycles. The Hall–Kier alpha value is -4.96. The summed E-state index contributed by atoms with van der Waals surface area (Å²) < 4.78 is 6.22. The Balaban J connectivity index is 0.000000763. The number of nitrogen functional groups attached to an aromatic ring is 1. The van der Waals surface area contributed by atoms with E-state index in [9.17, 15) is 19.2 Å². The number of carbonyl (C=O) groups is 4. The molecule has 2 fully saturated rings. The molecule has 1 unspecified atom stereocenters. The first-order valence-corrected chi connectivity index (χ1v) is 21.5. The van der Waals surface area contributed by atoms with Crippen LogP contribution in [-0.4, -0.2) is 96.0 Å². The first-order chi connectivity index (χ1) is 28.4. The standard InChI is InChI=1S/C41H56N6O5.C6H6ClN/c1-28-9-10-34-24-33(15-16-36(34)47(28)29(2)48)30-11-13-32(14-12-30)39(51)44-40(3,4)27-52-41(5,6)26-43-37(49)25-45-22-18-31(19-23-45)35-8-7-21-46(35)38(50)17-20-42;7-5-1-3-6(8)4-2-5/h11-16,24,28,31,35H,7-10,17-19,21-23,25-27H2,1-6H3,(H,43,49)(H,44,51);1-4H,8H2/t28-,35?;/m0./s1. The number of hydrogen-bond donors (Lipinski definition) is 3. The summed E-state index contributed by atoms with van der Waals surface area (Å²) in [6.45, 7) is 14.6. The minimum absolute atomic E-state index is 0.0548. The Kier molecular flexibility index (Phi) is 15.8. The molecule has 0 bridgehead atoms. The quantitative estimate of drug-likeness (QED) is 0.165. The van der Waals surface area contributed by atoms with Gasteiger partial charge in [-0.2, -0.15) is 5.26 Å². The highest BCUT2D eigenvalue weighted by Gasteiger charge is 2.36. The zero-order chi connectivity index (χ0) is 43.6. The summed E-state index contributed by atoms with van der Waals surface area (Å²) in [7, 11) is 0. The van der Waals surface area contributed by atoms with E-state index in [0.717, 1.165) is 91.2 Å². The van der Waals surface area contributed by atoms with Crippen molar-refractivity contribution >= 4 is 46.6 Å². The van der Waals surface area contributed by atoms with Gasteiger partial charge in [0.25, 0.3) is 5.91 Å². The van der Waals surface area contributed by atoms with E-state index in [0.29, 0.717) is 24.6 Å². The molecule has 2 saturated heterocycles. The van der Waals surface area contributed by atoms with Crippen LogP contribution in [0.1, 0.15) is 96.0 Å². The van der Waals surface area contributed by atoms with E-state index >= 15 is 0 Å². The number of nitrogens with one attached hydrogen (secondary N) is 2. The van der Waals surface area contributed by atoms with Gasteiger partial charge in [0.15, 0.2) is 0 Å². The van der Waals surface area contributed by atoms with Crippen molar-refractivity contribution in [2.75, 3.05) is 50.0 Å². The Bertz CT molecular complexity index is 1980. The number of anilines is 2. The van der Waals surface area contributed by atoms with Gasteiger partial charge in [0, 0.05) is 54.1 Å². The van der Waals surface area contributed by atoms with Crippen LogP contribution in [0.2, 0.25) is 5.02 Å². The van der Waals surface area contributed by atoms with Crippen LogP contribution < -0.4 is 21.3 Å². The van der Waals surface area contributed by atoms with Crippen LogP contribution >= 0.6 is 11.6 Å². The lowest BCUT2D eigenvalue weighted by molar-refractivity contribution is -0.132.